The van der Waals surface area contributed by atoms with Gasteiger partial charge in [-0.05, 0) is 37.1 Å². The smallest absolute Gasteiger partial charge is 0.0602 e. The van der Waals surface area contributed by atoms with Crippen LogP contribution in [0.1, 0.15) is 18.5 Å². The van der Waals surface area contributed by atoms with Crippen molar-refractivity contribution in [2.75, 3.05) is 23.3 Å². The molecule has 100 valence electrons. The average Bonchev–Trinajstić information content (AvgIpc) is 3.08. The van der Waals surface area contributed by atoms with Crippen LogP contribution in [0.5, 0.6) is 0 Å². The molecule has 1 aromatic heterocycles. The summed E-state index contributed by atoms with van der Waals surface area (Å²) in [6.45, 7) is 3.24. The normalized spacial score (nSPS) is 14.9. The lowest BCUT2D eigenvalue weighted by Gasteiger charge is -2.22. The highest BCUT2D eigenvalue weighted by molar-refractivity contribution is 5.70. The number of aryl methyl sites for hydroxylation is 1. The van der Waals surface area contributed by atoms with Crippen molar-refractivity contribution in [2.24, 2.45) is 7.05 Å². The lowest BCUT2D eigenvalue weighted by atomic mass is 10.2. The molecule has 1 saturated heterocycles. The second-order valence-electron chi connectivity index (χ2n) is 5.18. The second kappa shape index (κ2) is 5.39. The molecule has 1 aromatic carbocycles. The molecule has 2 aromatic rings. The van der Waals surface area contributed by atoms with Crippen molar-refractivity contribution in [3.63, 3.8) is 0 Å². The van der Waals surface area contributed by atoms with E-state index in [1.165, 1.54) is 43.0 Å². The highest BCUT2D eigenvalue weighted by Crippen LogP contribution is 2.28. The Kier molecular flexibility index (Phi) is 3.45. The van der Waals surface area contributed by atoms with Crippen LogP contribution in [0.15, 0.2) is 42.6 Å². The van der Waals surface area contributed by atoms with E-state index in [4.69, 9.17) is 0 Å². The zero-order valence-corrected chi connectivity index (χ0v) is 11.5. The van der Waals surface area contributed by atoms with Gasteiger partial charge in [0.1, 0.15) is 0 Å². The van der Waals surface area contributed by atoms with Gasteiger partial charge in [0.2, 0.25) is 0 Å². The van der Waals surface area contributed by atoms with Crippen molar-refractivity contribution < 1.29 is 0 Å². The van der Waals surface area contributed by atoms with E-state index in [1.54, 1.807) is 0 Å². The van der Waals surface area contributed by atoms with E-state index in [0.29, 0.717) is 0 Å². The Balaban J connectivity index is 1.75. The monoisotopic (exact) mass is 255 g/mol. The molecule has 3 rings (SSSR count). The molecule has 3 heteroatoms. The summed E-state index contributed by atoms with van der Waals surface area (Å²) in [5.41, 5.74) is 3.89. The van der Waals surface area contributed by atoms with E-state index in [0.717, 1.165) is 6.54 Å². The molecule has 0 aliphatic carbocycles. The first kappa shape index (κ1) is 12.2. The Morgan fingerprint density at radius 2 is 1.84 bits per heavy atom. The molecule has 0 unspecified atom stereocenters. The number of rotatable bonds is 4. The topological polar surface area (TPSA) is 20.2 Å². The summed E-state index contributed by atoms with van der Waals surface area (Å²) in [7, 11) is 2.09. The van der Waals surface area contributed by atoms with Crippen molar-refractivity contribution in [3.05, 3.63) is 48.3 Å². The molecule has 0 bridgehead atoms. The Labute approximate surface area is 114 Å². The average molecular weight is 255 g/mol. The van der Waals surface area contributed by atoms with E-state index >= 15 is 0 Å². The summed E-state index contributed by atoms with van der Waals surface area (Å²) >= 11 is 0. The maximum absolute atomic E-state index is 3.57. The fourth-order valence-electron chi connectivity index (χ4n) is 2.72. The minimum absolute atomic E-state index is 0.869. The van der Waals surface area contributed by atoms with Gasteiger partial charge in [-0.1, -0.05) is 12.1 Å². The van der Waals surface area contributed by atoms with Crippen LogP contribution >= 0.6 is 0 Å². The SMILES string of the molecule is Cn1cccc1CNc1ccccc1N1CCCC1. The van der Waals surface area contributed by atoms with Gasteiger partial charge < -0.3 is 14.8 Å². The summed E-state index contributed by atoms with van der Waals surface area (Å²) in [5, 5.41) is 3.57. The first-order valence-corrected chi connectivity index (χ1v) is 7.02. The van der Waals surface area contributed by atoms with Crippen LogP contribution in [-0.4, -0.2) is 17.7 Å². The van der Waals surface area contributed by atoms with Gasteiger partial charge in [0, 0.05) is 32.0 Å². The number of hydrogen-bond acceptors (Lipinski definition) is 2. The number of aromatic nitrogens is 1. The third kappa shape index (κ3) is 2.60. The first-order chi connectivity index (χ1) is 9.34. The lowest BCUT2D eigenvalue weighted by molar-refractivity contribution is 0.841. The van der Waals surface area contributed by atoms with Gasteiger partial charge in [-0.15, -0.1) is 0 Å². The molecule has 3 nitrogen and oxygen atoms in total. The fourth-order valence-corrected chi connectivity index (χ4v) is 2.72. The van der Waals surface area contributed by atoms with Crippen LogP contribution in [-0.2, 0) is 13.6 Å². The molecule has 0 amide bonds. The number of benzene rings is 1. The zero-order chi connectivity index (χ0) is 13.1. The molecule has 0 atom stereocenters. The summed E-state index contributed by atoms with van der Waals surface area (Å²) in [4.78, 5) is 2.48. The van der Waals surface area contributed by atoms with Crippen molar-refractivity contribution in [1.82, 2.24) is 4.57 Å². The second-order valence-corrected chi connectivity index (χ2v) is 5.18. The summed E-state index contributed by atoms with van der Waals surface area (Å²) < 4.78 is 2.16. The van der Waals surface area contributed by atoms with Gasteiger partial charge in [0.05, 0.1) is 17.9 Å². The maximum atomic E-state index is 3.57. The minimum atomic E-state index is 0.869. The molecule has 19 heavy (non-hydrogen) atoms. The third-order valence-corrected chi connectivity index (χ3v) is 3.86. The van der Waals surface area contributed by atoms with Gasteiger partial charge in [-0.3, -0.25) is 0 Å². The van der Waals surface area contributed by atoms with Crippen LogP contribution in [0.4, 0.5) is 11.4 Å². The Hall–Kier alpha value is -1.90. The summed E-state index contributed by atoms with van der Waals surface area (Å²) in [6, 6.07) is 12.9. The molecule has 2 heterocycles. The third-order valence-electron chi connectivity index (χ3n) is 3.86. The number of nitrogens with zero attached hydrogens (tertiary/aromatic N) is 2. The highest BCUT2D eigenvalue weighted by atomic mass is 15.2. The van der Waals surface area contributed by atoms with E-state index in [-0.39, 0.29) is 0 Å². The molecule has 0 spiro atoms. The molecule has 1 N–H and O–H groups in total. The Bertz CT molecular complexity index is 538. The quantitative estimate of drug-likeness (QED) is 0.905. The first-order valence-electron chi connectivity index (χ1n) is 7.02. The molecular weight excluding hydrogens is 234 g/mol. The molecule has 1 fully saturated rings. The van der Waals surface area contributed by atoms with E-state index in [1.807, 2.05) is 0 Å². The Morgan fingerprint density at radius 3 is 2.58 bits per heavy atom. The largest absolute Gasteiger partial charge is 0.378 e. The van der Waals surface area contributed by atoms with Crippen molar-refractivity contribution in [2.45, 2.75) is 19.4 Å². The van der Waals surface area contributed by atoms with Crippen LogP contribution in [0.3, 0.4) is 0 Å². The van der Waals surface area contributed by atoms with Crippen LogP contribution in [0.2, 0.25) is 0 Å². The maximum Gasteiger partial charge on any atom is 0.0602 e. The van der Waals surface area contributed by atoms with Crippen LogP contribution in [0.25, 0.3) is 0 Å². The van der Waals surface area contributed by atoms with E-state index < -0.39 is 0 Å². The van der Waals surface area contributed by atoms with Crippen molar-refractivity contribution in [3.8, 4) is 0 Å². The summed E-state index contributed by atoms with van der Waals surface area (Å²) in [6.07, 6.45) is 4.71. The van der Waals surface area contributed by atoms with Gasteiger partial charge in [0.15, 0.2) is 0 Å². The van der Waals surface area contributed by atoms with Gasteiger partial charge in [-0.2, -0.15) is 0 Å². The van der Waals surface area contributed by atoms with Gasteiger partial charge in [-0.25, -0.2) is 0 Å². The number of anilines is 2. The van der Waals surface area contributed by atoms with Gasteiger partial charge >= 0.3 is 0 Å². The summed E-state index contributed by atoms with van der Waals surface area (Å²) in [5.74, 6) is 0. The molecule has 0 saturated carbocycles. The molecule has 1 aliphatic rings. The highest BCUT2D eigenvalue weighted by Gasteiger charge is 2.15. The van der Waals surface area contributed by atoms with Gasteiger partial charge in [0.25, 0.3) is 0 Å². The predicted molar refractivity (Wildman–Crippen MR) is 80.6 cm³/mol. The number of hydrogen-bond donors (Lipinski definition) is 1. The molecule has 0 radical (unpaired) electrons. The van der Waals surface area contributed by atoms with Crippen LogP contribution in [0, 0.1) is 0 Å². The predicted octanol–water partition coefficient (Wildman–Crippen LogP) is 3.24. The standard InChI is InChI=1S/C16H21N3/c1-18-10-6-7-14(18)13-17-15-8-2-3-9-16(15)19-11-4-5-12-19/h2-3,6-10,17H,4-5,11-13H2,1H3. The van der Waals surface area contributed by atoms with E-state index in [2.05, 4.69) is 64.4 Å². The van der Waals surface area contributed by atoms with E-state index in [9.17, 15) is 0 Å². The molecule has 1 aliphatic heterocycles. The zero-order valence-electron chi connectivity index (χ0n) is 11.5. The number of para-hydroxylation sites is 2. The van der Waals surface area contributed by atoms with Crippen molar-refractivity contribution in [1.29, 1.82) is 0 Å². The van der Waals surface area contributed by atoms with Crippen LogP contribution < -0.4 is 10.2 Å². The lowest BCUT2D eigenvalue weighted by Crippen LogP contribution is -2.19. The number of nitrogens with one attached hydrogen (secondary N) is 1. The molecular formula is C16H21N3. The fraction of sp³-hybridized carbons (Fsp3) is 0.375. The van der Waals surface area contributed by atoms with Crippen molar-refractivity contribution >= 4 is 11.4 Å². The Morgan fingerprint density at radius 1 is 1.05 bits per heavy atom. The minimum Gasteiger partial charge on any atom is -0.378 e.